The first-order chi connectivity index (χ1) is 14.7. The molecule has 0 fully saturated rings. The number of hydrogen-bond donors (Lipinski definition) is 0. The third-order valence-electron chi connectivity index (χ3n) is 6.23. The monoisotopic (exact) mass is 411 g/mol. The van der Waals surface area contributed by atoms with Crippen molar-refractivity contribution >= 4 is 0 Å². The summed E-state index contributed by atoms with van der Waals surface area (Å²) < 4.78 is 4.93. The Bertz CT molecular complexity index is 657. The Morgan fingerprint density at radius 3 is 1.80 bits per heavy atom. The van der Waals surface area contributed by atoms with Gasteiger partial charge >= 0.3 is 0 Å². The molecule has 1 aromatic carbocycles. The third kappa shape index (κ3) is 9.49. The van der Waals surface area contributed by atoms with E-state index in [-0.39, 0.29) is 0 Å². The zero-order valence-electron chi connectivity index (χ0n) is 20.1. The topological polar surface area (TPSA) is 8.81 Å². The Labute approximate surface area is 186 Å². The molecule has 1 aromatic heterocycles. The van der Waals surface area contributed by atoms with E-state index >= 15 is 0 Å². The van der Waals surface area contributed by atoms with Gasteiger partial charge in [-0.15, -0.1) is 0 Å². The number of imidazole rings is 1. The Balaban J connectivity index is 1.59. The van der Waals surface area contributed by atoms with Gasteiger partial charge in [0.25, 0.3) is 5.82 Å². The minimum Gasteiger partial charge on any atom is -0.234 e. The highest BCUT2D eigenvalue weighted by atomic mass is 15.1. The molecular weight excluding hydrogens is 364 g/mol. The van der Waals surface area contributed by atoms with Gasteiger partial charge in [0.15, 0.2) is 0 Å². The normalized spacial score (nSPS) is 11.5. The molecule has 2 heteroatoms. The van der Waals surface area contributed by atoms with Crippen LogP contribution in [0.15, 0.2) is 42.7 Å². The molecule has 168 valence electrons. The van der Waals surface area contributed by atoms with Crippen LogP contribution in [0.4, 0.5) is 0 Å². The van der Waals surface area contributed by atoms with Crippen LogP contribution in [-0.4, -0.2) is 4.57 Å². The molecular formula is C28H47N2+. The molecule has 0 N–H and O–H groups in total. The lowest BCUT2D eigenvalue weighted by Crippen LogP contribution is -2.38. The average Bonchev–Trinajstić information content (AvgIpc) is 3.14. The van der Waals surface area contributed by atoms with Gasteiger partial charge in [-0.1, -0.05) is 122 Å². The van der Waals surface area contributed by atoms with Gasteiger partial charge in [0.05, 0.1) is 12.5 Å². The van der Waals surface area contributed by atoms with Crippen LogP contribution in [0, 0.1) is 0 Å². The first-order valence-electron chi connectivity index (χ1n) is 12.8. The summed E-state index contributed by atoms with van der Waals surface area (Å²) in [4.78, 5) is 0. The fraction of sp³-hybridized carbons (Fsp3) is 0.679. The van der Waals surface area contributed by atoms with Crippen molar-refractivity contribution in [1.29, 1.82) is 0 Å². The van der Waals surface area contributed by atoms with Gasteiger partial charge in [-0.25, -0.2) is 9.13 Å². The molecule has 0 atom stereocenters. The van der Waals surface area contributed by atoms with Crippen LogP contribution >= 0.6 is 0 Å². The van der Waals surface area contributed by atoms with E-state index in [0.717, 1.165) is 13.1 Å². The minimum absolute atomic E-state index is 0.547. The summed E-state index contributed by atoms with van der Waals surface area (Å²) >= 11 is 0. The summed E-state index contributed by atoms with van der Waals surface area (Å²) in [5, 5.41) is 0. The smallest absolute Gasteiger partial charge is 0.234 e. The van der Waals surface area contributed by atoms with E-state index in [1.807, 2.05) is 0 Å². The average molecular weight is 412 g/mol. The highest BCUT2D eigenvalue weighted by Gasteiger charge is 2.20. The molecule has 0 spiro atoms. The largest absolute Gasteiger partial charge is 0.259 e. The van der Waals surface area contributed by atoms with E-state index in [9.17, 15) is 0 Å². The number of aryl methyl sites for hydroxylation is 1. The van der Waals surface area contributed by atoms with Crippen molar-refractivity contribution in [3.8, 4) is 0 Å². The third-order valence-corrected chi connectivity index (χ3v) is 6.23. The molecule has 0 aliphatic rings. The number of hydrogen-bond acceptors (Lipinski definition) is 0. The second-order valence-corrected chi connectivity index (χ2v) is 9.36. The summed E-state index contributed by atoms with van der Waals surface area (Å²) in [6.45, 7) is 9.06. The lowest BCUT2D eigenvalue weighted by Gasteiger charge is -2.08. The highest BCUT2D eigenvalue weighted by Crippen LogP contribution is 2.15. The maximum absolute atomic E-state index is 2.49. The number of rotatable bonds is 17. The maximum Gasteiger partial charge on any atom is 0.259 e. The molecule has 0 saturated carbocycles. The summed E-state index contributed by atoms with van der Waals surface area (Å²) in [5.74, 6) is 2.00. The van der Waals surface area contributed by atoms with Crippen LogP contribution < -0.4 is 4.57 Å². The van der Waals surface area contributed by atoms with Crippen molar-refractivity contribution in [2.45, 2.75) is 123 Å². The van der Waals surface area contributed by atoms with Crippen LogP contribution in [0.2, 0.25) is 0 Å². The first-order valence-corrected chi connectivity index (χ1v) is 12.8. The minimum atomic E-state index is 0.547. The quantitative estimate of drug-likeness (QED) is 0.184. The van der Waals surface area contributed by atoms with Crippen molar-refractivity contribution in [1.82, 2.24) is 4.57 Å². The van der Waals surface area contributed by atoms with Gasteiger partial charge in [-0.05, 0) is 18.4 Å². The standard InChI is InChI=1S/C28H47N2/c1-4-5-6-7-8-9-10-11-12-13-14-15-19-22-29-23-24-30(28(29)26(2)3)25-27-20-17-16-18-21-27/h16-18,20-21,23-24,26H,4-15,19,22,25H2,1-3H3/q+1. The van der Waals surface area contributed by atoms with E-state index in [1.54, 1.807) is 0 Å². The number of nitrogens with zero attached hydrogens (tertiary/aromatic N) is 2. The summed E-state index contributed by atoms with van der Waals surface area (Å²) in [7, 11) is 0. The second-order valence-electron chi connectivity index (χ2n) is 9.36. The van der Waals surface area contributed by atoms with E-state index in [0.29, 0.717) is 5.92 Å². The zero-order chi connectivity index (χ0) is 21.4. The fourth-order valence-electron chi connectivity index (χ4n) is 4.54. The van der Waals surface area contributed by atoms with Crippen molar-refractivity contribution < 1.29 is 4.57 Å². The molecule has 30 heavy (non-hydrogen) atoms. The number of unbranched alkanes of at least 4 members (excludes halogenated alkanes) is 12. The van der Waals surface area contributed by atoms with Crippen LogP contribution in [0.5, 0.6) is 0 Å². The Hall–Kier alpha value is -1.57. The summed E-state index contributed by atoms with van der Waals surface area (Å²) in [5.41, 5.74) is 1.38. The lowest BCUT2D eigenvalue weighted by atomic mass is 10.0. The van der Waals surface area contributed by atoms with Gasteiger partial charge in [-0.2, -0.15) is 0 Å². The SMILES string of the molecule is CCCCCCCCCCCCCCCn1cc[n+](Cc2ccccc2)c1C(C)C. The Kier molecular flexibility index (Phi) is 12.6. The van der Waals surface area contributed by atoms with Gasteiger partial charge in [0.2, 0.25) is 0 Å². The van der Waals surface area contributed by atoms with E-state index in [4.69, 9.17) is 0 Å². The summed E-state index contributed by atoms with van der Waals surface area (Å²) in [6.07, 6.45) is 23.0. The molecule has 2 aromatic rings. The Morgan fingerprint density at radius 2 is 1.27 bits per heavy atom. The number of benzene rings is 1. The van der Waals surface area contributed by atoms with E-state index in [2.05, 4.69) is 72.6 Å². The molecule has 0 aliphatic carbocycles. The lowest BCUT2D eigenvalue weighted by molar-refractivity contribution is -0.696. The van der Waals surface area contributed by atoms with Crippen molar-refractivity contribution in [2.75, 3.05) is 0 Å². The Morgan fingerprint density at radius 1 is 0.733 bits per heavy atom. The van der Waals surface area contributed by atoms with Crippen molar-refractivity contribution in [3.63, 3.8) is 0 Å². The predicted octanol–water partition coefficient (Wildman–Crippen LogP) is 8.04. The van der Waals surface area contributed by atoms with Gasteiger partial charge in [0.1, 0.15) is 18.9 Å². The molecule has 1 heterocycles. The molecule has 2 rings (SSSR count). The molecule has 0 bridgehead atoms. The van der Waals surface area contributed by atoms with Gasteiger partial charge in [0, 0.05) is 0 Å². The predicted molar refractivity (Wildman–Crippen MR) is 130 cm³/mol. The second kappa shape index (κ2) is 15.3. The van der Waals surface area contributed by atoms with Crippen LogP contribution in [0.1, 0.15) is 122 Å². The zero-order valence-corrected chi connectivity index (χ0v) is 20.1. The van der Waals surface area contributed by atoms with Gasteiger partial charge < -0.3 is 0 Å². The van der Waals surface area contributed by atoms with Crippen molar-refractivity contribution in [2.24, 2.45) is 0 Å². The molecule has 0 aliphatic heterocycles. The van der Waals surface area contributed by atoms with Gasteiger partial charge in [-0.3, -0.25) is 0 Å². The van der Waals surface area contributed by atoms with E-state index < -0.39 is 0 Å². The molecule has 2 nitrogen and oxygen atoms in total. The van der Waals surface area contributed by atoms with Crippen LogP contribution in [0.3, 0.4) is 0 Å². The van der Waals surface area contributed by atoms with Crippen LogP contribution in [0.25, 0.3) is 0 Å². The first kappa shape index (κ1) is 24.7. The number of aromatic nitrogens is 2. The van der Waals surface area contributed by atoms with Crippen molar-refractivity contribution in [3.05, 3.63) is 54.1 Å². The molecule has 0 radical (unpaired) electrons. The highest BCUT2D eigenvalue weighted by molar-refractivity contribution is 5.13. The fourth-order valence-corrected chi connectivity index (χ4v) is 4.54. The molecule has 0 saturated heterocycles. The molecule has 0 unspecified atom stereocenters. The van der Waals surface area contributed by atoms with E-state index in [1.165, 1.54) is 94.9 Å². The molecule has 0 amide bonds. The summed E-state index contributed by atoms with van der Waals surface area (Å²) in [6, 6.07) is 10.8. The maximum atomic E-state index is 2.49. The van der Waals surface area contributed by atoms with Crippen LogP contribution in [-0.2, 0) is 13.1 Å².